The molecule has 1 aliphatic rings. The van der Waals surface area contributed by atoms with Crippen LogP contribution in [0.3, 0.4) is 0 Å². The molecule has 1 aliphatic heterocycles. The van der Waals surface area contributed by atoms with Crippen LogP contribution in [0, 0.1) is 5.82 Å². The Hall–Kier alpha value is -1.98. The van der Waals surface area contributed by atoms with Gasteiger partial charge >= 0.3 is 0 Å². The van der Waals surface area contributed by atoms with Gasteiger partial charge in [-0.05, 0) is 35.4 Å². The third kappa shape index (κ3) is 5.00. The molecule has 2 aromatic carbocycles. The second-order valence-electron chi connectivity index (χ2n) is 6.08. The van der Waals surface area contributed by atoms with Crippen molar-refractivity contribution in [3.05, 3.63) is 76.0 Å². The Morgan fingerprint density at radius 1 is 1.04 bits per heavy atom. The molecule has 1 saturated heterocycles. The first-order valence-electron chi connectivity index (χ1n) is 8.30. The van der Waals surface area contributed by atoms with E-state index in [1.807, 2.05) is 47.4 Å². The van der Waals surface area contributed by atoms with Crippen LogP contribution < -0.4 is 0 Å². The van der Waals surface area contributed by atoms with Gasteiger partial charge in [-0.2, -0.15) is 0 Å². The van der Waals surface area contributed by atoms with Crippen molar-refractivity contribution in [3.8, 4) is 0 Å². The lowest BCUT2D eigenvalue weighted by molar-refractivity contribution is -0.127. The molecule has 5 heteroatoms. The molecule has 130 valence electrons. The summed E-state index contributed by atoms with van der Waals surface area (Å²) in [6.07, 6.45) is 3.48. The first kappa shape index (κ1) is 17.8. The first-order chi connectivity index (χ1) is 12.1. The van der Waals surface area contributed by atoms with Gasteiger partial charge < -0.3 is 4.90 Å². The Morgan fingerprint density at radius 2 is 1.72 bits per heavy atom. The molecule has 0 unspecified atom stereocenters. The van der Waals surface area contributed by atoms with Crippen LogP contribution in [-0.4, -0.2) is 41.9 Å². The van der Waals surface area contributed by atoms with E-state index in [4.69, 9.17) is 0 Å². The van der Waals surface area contributed by atoms with E-state index in [1.165, 1.54) is 12.1 Å². The highest BCUT2D eigenvalue weighted by Crippen LogP contribution is 2.17. The average Bonchev–Trinajstić information content (AvgIpc) is 2.63. The minimum atomic E-state index is -0.212. The van der Waals surface area contributed by atoms with Crippen molar-refractivity contribution < 1.29 is 9.18 Å². The van der Waals surface area contributed by atoms with Crippen LogP contribution in [0.2, 0.25) is 0 Å². The Bertz CT molecular complexity index is 753. The fourth-order valence-electron chi connectivity index (χ4n) is 2.85. The number of carbonyl (C=O) groups excluding carboxylic acids is 1. The van der Waals surface area contributed by atoms with Crippen molar-refractivity contribution in [2.24, 2.45) is 0 Å². The molecule has 0 saturated carbocycles. The quantitative estimate of drug-likeness (QED) is 0.722. The molecule has 0 aromatic heterocycles. The van der Waals surface area contributed by atoms with E-state index in [0.29, 0.717) is 13.1 Å². The summed E-state index contributed by atoms with van der Waals surface area (Å²) in [6.45, 7) is 3.85. The standard InChI is InChI=1S/C20H20BrFN2O/c21-19-4-2-1-3-17(19)7-10-20(25)24-13-11-23(12-14-24)15-16-5-8-18(22)9-6-16/h1-10H,11-15H2. The molecule has 1 amide bonds. The van der Waals surface area contributed by atoms with Crippen molar-refractivity contribution in [2.75, 3.05) is 26.2 Å². The third-order valence-corrected chi connectivity index (χ3v) is 5.04. The van der Waals surface area contributed by atoms with Gasteiger partial charge in [0, 0.05) is 43.3 Å². The summed E-state index contributed by atoms with van der Waals surface area (Å²) in [7, 11) is 0. The molecule has 1 fully saturated rings. The van der Waals surface area contributed by atoms with Gasteiger partial charge in [0.1, 0.15) is 5.82 Å². The van der Waals surface area contributed by atoms with Gasteiger partial charge in [-0.25, -0.2) is 4.39 Å². The fourth-order valence-corrected chi connectivity index (χ4v) is 3.27. The van der Waals surface area contributed by atoms with E-state index >= 15 is 0 Å². The van der Waals surface area contributed by atoms with Crippen LogP contribution in [0.1, 0.15) is 11.1 Å². The van der Waals surface area contributed by atoms with Crippen molar-refractivity contribution in [3.63, 3.8) is 0 Å². The predicted molar refractivity (Wildman–Crippen MR) is 101 cm³/mol. The molecule has 0 bridgehead atoms. The van der Waals surface area contributed by atoms with Crippen LogP contribution in [0.25, 0.3) is 6.08 Å². The van der Waals surface area contributed by atoms with Crippen molar-refractivity contribution >= 4 is 27.9 Å². The highest BCUT2D eigenvalue weighted by Gasteiger charge is 2.19. The topological polar surface area (TPSA) is 23.6 Å². The first-order valence-corrected chi connectivity index (χ1v) is 9.09. The van der Waals surface area contributed by atoms with Gasteiger partial charge in [-0.1, -0.05) is 46.3 Å². The number of carbonyl (C=O) groups is 1. The molecular formula is C20H20BrFN2O. The molecule has 25 heavy (non-hydrogen) atoms. The monoisotopic (exact) mass is 402 g/mol. The molecule has 0 N–H and O–H groups in total. The van der Waals surface area contributed by atoms with E-state index < -0.39 is 0 Å². The number of hydrogen-bond acceptors (Lipinski definition) is 2. The maximum Gasteiger partial charge on any atom is 0.246 e. The predicted octanol–water partition coefficient (Wildman–Crippen LogP) is 3.95. The Kier molecular flexibility index (Phi) is 6.00. The third-order valence-electron chi connectivity index (χ3n) is 4.31. The number of nitrogens with zero attached hydrogens (tertiary/aromatic N) is 2. The summed E-state index contributed by atoms with van der Waals surface area (Å²) in [4.78, 5) is 16.5. The van der Waals surface area contributed by atoms with E-state index in [9.17, 15) is 9.18 Å². The number of hydrogen-bond donors (Lipinski definition) is 0. The van der Waals surface area contributed by atoms with E-state index in [1.54, 1.807) is 6.08 Å². The zero-order valence-electron chi connectivity index (χ0n) is 13.9. The highest BCUT2D eigenvalue weighted by molar-refractivity contribution is 9.10. The molecule has 0 spiro atoms. The Morgan fingerprint density at radius 3 is 2.40 bits per heavy atom. The van der Waals surface area contributed by atoms with Crippen LogP contribution in [0.4, 0.5) is 4.39 Å². The van der Waals surface area contributed by atoms with E-state index in [-0.39, 0.29) is 11.7 Å². The summed E-state index contributed by atoms with van der Waals surface area (Å²) >= 11 is 3.48. The minimum absolute atomic E-state index is 0.0391. The lowest BCUT2D eigenvalue weighted by Crippen LogP contribution is -2.47. The van der Waals surface area contributed by atoms with Crippen molar-refractivity contribution in [2.45, 2.75) is 6.54 Å². The van der Waals surface area contributed by atoms with Gasteiger partial charge in [0.15, 0.2) is 0 Å². The van der Waals surface area contributed by atoms with Crippen molar-refractivity contribution in [1.29, 1.82) is 0 Å². The SMILES string of the molecule is O=C(C=Cc1ccccc1Br)N1CCN(Cc2ccc(F)cc2)CC1. The maximum absolute atomic E-state index is 13.0. The number of piperazine rings is 1. The van der Waals surface area contributed by atoms with Crippen molar-refractivity contribution in [1.82, 2.24) is 9.80 Å². The maximum atomic E-state index is 13.0. The van der Waals surface area contributed by atoms with Gasteiger partial charge in [-0.15, -0.1) is 0 Å². The number of rotatable bonds is 4. The van der Waals surface area contributed by atoms with Crippen LogP contribution in [0.15, 0.2) is 59.1 Å². The zero-order chi connectivity index (χ0) is 17.6. The smallest absolute Gasteiger partial charge is 0.246 e. The second kappa shape index (κ2) is 8.41. The number of amides is 1. The largest absolute Gasteiger partial charge is 0.337 e. The van der Waals surface area contributed by atoms with Crippen LogP contribution in [0.5, 0.6) is 0 Å². The molecule has 0 radical (unpaired) electrons. The van der Waals surface area contributed by atoms with Gasteiger partial charge in [0.2, 0.25) is 5.91 Å². The molecule has 3 rings (SSSR count). The number of benzene rings is 2. The van der Waals surface area contributed by atoms with Gasteiger partial charge in [0.25, 0.3) is 0 Å². The molecule has 2 aromatic rings. The average molecular weight is 403 g/mol. The van der Waals surface area contributed by atoms with Gasteiger partial charge in [0.05, 0.1) is 0 Å². The normalized spacial score (nSPS) is 15.7. The summed E-state index contributed by atoms with van der Waals surface area (Å²) in [5.74, 6) is -0.173. The molecule has 0 aliphatic carbocycles. The summed E-state index contributed by atoms with van der Waals surface area (Å²) in [5.41, 5.74) is 2.08. The van der Waals surface area contributed by atoms with Crippen LogP contribution in [-0.2, 0) is 11.3 Å². The zero-order valence-corrected chi connectivity index (χ0v) is 15.5. The Labute approximate surface area is 155 Å². The summed E-state index contributed by atoms with van der Waals surface area (Å²) < 4.78 is 13.9. The fraction of sp³-hybridized carbons (Fsp3) is 0.250. The second-order valence-corrected chi connectivity index (χ2v) is 6.94. The molecule has 0 atom stereocenters. The minimum Gasteiger partial charge on any atom is -0.337 e. The highest BCUT2D eigenvalue weighted by atomic mass is 79.9. The summed E-state index contributed by atoms with van der Waals surface area (Å²) in [6, 6.07) is 14.4. The van der Waals surface area contributed by atoms with Gasteiger partial charge in [-0.3, -0.25) is 9.69 Å². The van der Waals surface area contributed by atoms with E-state index in [2.05, 4.69) is 20.8 Å². The molecule has 3 nitrogen and oxygen atoms in total. The Balaban J connectivity index is 1.50. The van der Waals surface area contributed by atoms with Crippen LogP contribution >= 0.6 is 15.9 Å². The lowest BCUT2D eigenvalue weighted by Gasteiger charge is -2.34. The summed E-state index contributed by atoms with van der Waals surface area (Å²) in [5, 5.41) is 0. The van der Waals surface area contributed by atoms with E-state index in [0.717, 1.165) is 35.2 Å². The molecular weight excluding hydrogens is 383 g/mol. The number of halogens is 2. The lowest BCUT2D eigenvalue weighted by atomic mass is 10.2. The molecule has 1 heterocycles.